The number of hydrogen-bond donors (Lipinski definition) is 2. The van der Waals surface area contributed by atoms with Gasteiger partial charge in [-0.3, -0.25) is 14.3 Å². The summed E-state index contributed by atoms with van der Waals surface area (Å²) < 4.78 is 20.5. The monoisotopic (exact) mass is 394 g/mol. The zero-order valence-corrected chi connectivity index (χ0v) is 15.5. The first-order chi connectivity index (χ1) is 12.5. The molecule has 0 saturated heterocycles. The van der Waals surface area contributed by atoms with Gasteiger partial charge in [0.15, 0.2) is 0 Å². The smallest absolute Gasteiger partial charge is 0.328 e. The predicted molar refractivity (Wildman–Crippen MR) is 101 cm³/mol. The van der Waals surface area contributed by atoms with E-state index in [-0.39, 0.29) is 11.9 Å². The molecular weight excluding hydrogens is 379 g/mol. The molecule has 0 amide bonds. The summed E-state index contributed by atoms with van der Waals surface area (Å²) in [6, 6.07) is 9.67. The molecule has 4 rings (SSSR count). The first kappa shape index (κ1) is 17.3. The number of nitrogens with one attached hydrogen (secondary N) is 1. The highest BCUT2D eigenvalue weighted by molar-refractivity contribution is 8.17. The summed E-state index contributed by atoms with van der Waals surface area (Å²) in [6.45, 7) is 0.331. The third-order valence-corrected chi connectivity index (χ3v) is 7.40. The molecule has 2 heterocycles. The Labute approximate surface area is 155 Å². The highest BCUT2D eigenvalue weighted by Gasteiger charge is 2.27. The SMILES string of the molecule is CO[C@H]1Cn2c(=O)[nH]c(=O)c3cc(Cl)cc(c32)[SH](c2ccc(F)cc2)C1. The van der Waals surface area contributed by atoms with Crippen molar-refractivity contribution in [2.24, 2.45) is 0 Å². The van der Waals surface area contributed by atoms with Crippen LogP contribution < -0.4 is 11.2 Å². The molecule has 0 bridgehead atoms. The third kappa shape index (κ3) is 2.86. The number of methoxy groups -OCH3 is 1. The first-order valence-corrected chi connectivity index (χ1v) is 9.90. The second kappa shape index (κ2) is 6.57. The lowest BCUT2D eigenvalue weighted by Crippen LogP contribution is -2.34. The molecule has 2 aromatic carbocycles. The molecule has 1 aliphatic rings. The standard InChI is InChI=1S/C18H16ClFN2O3S/c1-25-12-8-22-16-14(17(23)21-18(22)24)6-10(19)7-15(16)26(9-12)13-4-2-11(20)3-5-13/h2-7,12,26H,8-9H2,1H3,(H,21,23,24)/t12-/m0/s1. The number of aromatic nitrogens is 2. The number of hydrogen-bond acceptors (Lipinski definition) is 3. The highest BCUT2D eigenvalue weighted by Crippen LogP contribution is 2.49. The molecule has 0 aliphatic carbocycles. The van der Waals surface area contributed by atoms with Gasteiger partial charge in [-0.25, -0.2) is 9.18 Å². The Morgan fingerprint density at radius 3 is 2.69 bits per heavy atom. The quantitative estimate of drug-likeness (QED) is 0.657. The van der Waals surface area contributed by atoms with Crippen LogP contribution in [0.4, 0.5) is 4.39 Å². The molecule has 0 spiro atoms. The van der Waals surface area contributed by atoms with Crippen molar-refractivity contribution in [3.8, 4) is 0 Å². The molecule has 0 saturated carbocycles. The molecule has 1 unspecified atom stereocenters. The fourth-order valence-electron chi connectivity index (χ4n) is 3.33. The number of benzene rings is 2. The number of ether oxygens (including phenoxy) is 1. The largest absolute Gasteiger partial charge is 0.379 e. The molecule has 2 atom stereocenters. The molecule has 8 heteroatoms. The molecule has 3 aromatic rings. The van der Waals surface area contributed by atoms with E-state index in [9.17, 15) is 14.0 Å². The Morgan fingerprint density at radius 1 is 1.27 bits per heavy atom. The lowest BCUT2D eigenvalue weighted by atomic mass is 10.2. The van der Waals surface area contributed by atoms with Gasteiger partial charge in [-0.2, -0.15) is 10.9 Å². The van der Waals surface area contributed by atoms with Crippen molar-refractivity contribution in [2.75, 3.05) is 12.9 Å². The van der Waals surface area contributed by atoms with Crippen molar-refractivity contribution in [3.05, 3.63) is 68.1 Å². The Kier molecular flexibility index (Phi) is 4.38. The van der Waals surface area contributed by atoms with E-state index in [4.69, 9.17) is 16.3 Å². The van der Waals surface area contributed by atoms with Gasteiger partial charge in [0.05, 0.1) is 23.6 Å². The van der Waals surface area contributed by atoms with Crippen LogP contribution in [0.5, 0.6) is 0 Å². The van der Waals surface area contributed by atoms with Crippen molar-refractivity contribution >= 4 is 33.4 Å². The van der Waals surface area contributed by atoms with E-state index in [1.807, 2.05) is 0 Å². The maximum Gasteiger partial charge on any atom is 0.328 e. The normalized spacial score (nSPS) is 20.9. The predicted octanol–water partition coefficient (Wildman–Crippen LogP) is 2.93. The Hall–Kier alpha value is -2.09. The zero-order chi connectivity index (χ0) is 18.4. The zero-order valence-electron chi connectivity index (χ0n) is 13.8. The molecule has 136 valence electrons. The number of H-pyrrole nitrogens is 1. The topological polar surface area (TPSA) is 64.1 Å². The minimum absolute atomic E-state index is 0.218. The van der Waals surface area contributed by atoms with Gasteiger partial charge in [0.25, 0.3) is 5.56 Å². The summed E-state index contributed by atoms with van der Waals surface area (Å²) in [5.74, 6) is 0.327. The first-order valence-electron chi connectivity index (χ1n) is 8.00. The van der Waals surface area contributed by atoms with Crippen LogP contribution in [-0.2, 0) is 11.3 Å². The molecule has 0 fully saturated rings. The van der Waals surface area contributed by atoms with E-state index in [0.717, 1.165) is 9.79 Å². The summed E-state index contributed by atoms with van der Waals surface area (Å²) in [4.78, 5) is 28.9. The summed E-state index contributed by atoms with van der Waals surface area (Å²) in [7, 11) is 0.611. The van der Waals surface area contributed by atoms with E-state index in [1.165, 1.54) is 12.1 Å². The maximum atomic E-state index is 13.4. The average molecular weight is 395 g/mol. The van der Waals surface area contributed by atoms with E-state index in [1.54, 1.807) is 35.9 Å². The van der Waals surface area contributed by atoms with Crippen LogP contribution in [0.25, 0.3) is 10.9 Å². The molecule has 1 aliphatic heterocycles. The van der Waals surface area contributed by atoms with Crippen LogP contribution in [0.1, 0.15) is 0 Å². The third-order valence-electron chi connectivity index (χ3n) is 4.57. The summed E-state index contributed by atoms with van der Waals surface area (Å²) in [5.41, 5.74) is -0.350. The van der Waals surface area contributed by atoms with Gasteiger partial charge in [-0.15, -0.1) is 0 Å². The Morgan fingerprint density at radius 2 is 2.00 bits per heavy atom. The van der Waals surface area contributed by atoms with Crippen molar-refractivity contribution in [2.45, 2.75) is 22.4 Å². The molecule has 26 heavy (non-hydrogen) atoms. The fourth-order valence-corrected chi connectivity index (χ4v) is 6.29. The lowest BCUT2D eigenvalue weighted by molar-refractivity contribution is 0.107. The van der Waals surface area contributed by atoms with E-state index < -0.39 is 22.1 Å². The fraction of sp³-hybridized carbons (Fsp3) is 0.222. The maximum absolute atomic E-state index is 13.4. The van der Waals surface area contributed by atoms with Crippen LogP contribution in [-0.4, -0.2) is 28.5 Å². The van der Waals surface area contributed by atoms with E-state index in [2.05, 4.69) is 4.98 Å². The summed E-state index contributed by atoms with van der Waals surface area (Å²) >= 11 is 6.27. The van der Waals surface area contributed by atoms with Crippen molar-refractivity contribution in [3.63, 3.8) is 0 Å². The van der Waals surface area contributed by atoms with Crippen molar-refractivity contribution < 1.29 is 9.13 Å². The van der Waals surface area contributed by atoms with Gasteiger partial charge in [0.2, 0.25) is 0 Å². The Balaban J connectivity index is 2.08. The molecule has 1 aromatic heterocycles. The van der Waals surface area contributed by atoms with Crippen LogP contribution in [0.3, 0.4) is 0 Å². The van der Waals surface area contributed by atoms with Crippen LogP contribution >= 0.6 is 22.5 Å². The van der Waals surface area contributed by atoms with Crippen LogP contribution in [0.2, 0.25) is 5.02 Å². The van der Waals surface area contributed by atoms with Gasteiger partial charge in [-0.05, 0) is 41.3 Å². The highest BCUT2D eigenvalue weighted by atomic mass is 35.5. The lowest BCUT2D eigenvalue weighted by Gasteiger charge is -2.24. The minimum Gasteiger partial charge on any atom is -0.379 e. The average Bonchev–Trinajstić information content (AvgIpc) is 2.78. The van der Waals surface area contributed by atoms with Crippen LogP contribution in [0.15, 0.2) is 55.8 Å². The Bertz CT molecular complexity index is 1110. The van der Waals surface area contributed by atoms with Gasteiger partial charge >= 0.3 is 5.69 Å². The number of aromatic amines is 1. The molecule has 0 radical (unpaired) electrons. The van der Waals surface area contributed by atoms with Gasteiger partial charge in [-0.1, -0.05) is 11.6 Å². The van der Waals surface area contributed by atoms with Crippen molar-refractivity contribution in [1.82, 2.24) is 9.55 Å². The molecular formula is C18H16ClFN2O3S. The van der Waals surface area contributed by atoms with Gasteiger partial charge < -0.3 is 4.74 Å². The number of halogens is 2. The second-order valence-corrected chi connectivity index (χ2v) is 8.79. The molecule has 5 nitrogen and oxygen atoms in total. The van der Waals surface area contributed by atoms with E-state index >= 15 is 0 Å². The van der Waals surface area contributed by atoms with Crippen molar-refractivity contribution in [1.29, 1.82) is 0 Å². The summed E-state index contributed by atoms with van der Waals surface area (Å²) in [5, 5.41) is 0.798. The molecule has 1 N–H and O–H groups in total. The van der Waals surface area contributed by atoms with Crippen LogP contribution in [0, 0.1) is 5.82 Å². The second-order valence-electron chi connectivity index (χ2n) is 6.14. The summed E-state index contributed by atoms with van der Waals surface area (Å²) in [6.07, 6.45) is -0.218. The van der Waals surface area contributed by atoms with Gasteiger partial charge in [0, 0.05) is 22.8 Å². The number of thiol groups is 1. The minimum atomic E-state index is -0.986. The number of nitrogens with zero attached hydrogens (tertiary/aromatic N) is 1. The number of rotatable bonds is 2. The van der Waals surface area contributed by atoms with E-state index in [0.29, 0.717) is 28.2 Å². The van der Waals surface area contributed by atoms with Gasteiger partial charge in [0.1, 0.15) is 5.82 Å².